The van der Waals surface area contributed by atoms with E-state index in [0.29, 0.717) is 93.6 Å². The minimum atomic E-state index is -4.48. The van der Waals surface area contributed by atoms with Crippen LogP contribution in [0.5, 0.6) is 0 Å². The second-order valence-corrected chi connectivity index (χ2v) is 47.2. The Hall–Kier alpha value is -4.89. The molecule has 19 atom stereocenters. The van der Waals surface area contributed by atoms with Gasteiger partial charge in [-0.1, -0.05) is 83.1 Å². The van der Waals surface area contributed by atoms with Crippen LogP contribution in [0.4, 0.5) is 11.6 Å². The maximum Gasteiger partial charge on any atom is 0.473 e. The van der Waals surface area contributed by atoms with Crippen molar-refractivity contribution in [3.8, 4) is 0 Å². The molecule has 0 amide bonds. The molecule has 8 aliphatic heterocycles. The van der Waals surface area contributed by atoms with Gasteiger partial charge in [0.05, 0.1) is 48.8 Å². The van der Waals surface area contributed by atoms with Gasteiger partial charge >= 0.3 is 45.1 Å². The fourth-order valence-electron chi connectivity index (χ4n) is 17.3. The van der Waals surface area contributed by atoms with Gasteiger partial charge in [-0.3, -0.25) is 60.4 Å². The second kappa shape index (κ2) is 35.0. The lowest BCUT2D eigenvalue weighted by Crippen LogP contribution is -2.54. The number of nitrogen functional groups attached to an aromatic ring is 2. The number of fused-ring (bicyclic) bond motifs is 8. The average molecular weight is 1780 g/mol. The van der Waals surface area contributed by atoms with Crippen LogP contribution in [-0.4, -0.2) is 173 Å². The SMILES string of the molecule is Cc1cn([C@@H]2O[C@@]3(CC(C)(C)C)CCOC2[C@H]3OC(C)(C)C)c(=O)[nH]c1=O.Cc1cn([C@@H]2O[C@@]3(CC(C)(C)C)CCOC2[C@H]3OP(=O)(O)OC(C)(C)C)c(=O)[nH]c1=O.Cc1cn([C@@H]2O[C@@]3(CC(C)(C)C)CCOC2[C@H]3OP(=O)(O)OC(C)(C)C)c(=O)nc1N.Cc1cn([C@@H]2O[C@@]3(CC(C)(C)C)CCOC2[C@H]3OP(O)(=S)OC(C)(C)C)c(=O)nc1N. The van der Waals surface area contributed by atoms with Crippen molar-refractivity contribution in [2.75, 3.05) is 37.9 Å². The van der Waals surface area contributed by atoms with Crippen LogP contribution >= 0.6 is 22.4 Å². The molecule has 9 N–H and O–H groups in total. The molecule has 4 aromatic heterocycles. The molecule has 8 saturated heterocycles. The smallest absolute Gasteiger partial charge is 0.383 e. The molecule has 8 bridgehead atoms. The number of hydrogen-bond donors (Lipinski definition) is 7. The number of aryl methyl sites for hydroxylation is 4. The van der Waals surface area contributed by atoms with Crippen LogP contribution in [0.3, 0.4) is 0 Å². The minimum Gasteiger partial charge on any atom is -0.383 e. The molecule has 0 aliphatic carbocycles. The highest BCUT2D eigenvalue weighted by Crippen LogP contribution is 2.62. The second-order valence-electron chi connectivity index (χ2n) is 41.8. The molecule has 36 nitrogen and oxygen atoms in total. The lowest BCUT2D eigenvalue weighted by molar-refractivity contribution is -0.195. The lowest BCUT2D eigenvalue weighted by Gasteiger charge is -2.44. The maximum atomic E-state index is 12.8. The molecule has 12 rings (SSSR count). The number of aromatic nitrogens is 8. The number of phosphoric acid groups is 2. The monoisotopic (exact) mass is 1770 g/mol. The molecule has 4 aromatic rings. The van der Waals surface area contributed by atoms with Gasteiger partial charge in [-0.05, 0) is 170 Å². The van der Waals surface area contributed by atoms with E-state index in [2.05, 4.69) is 61.5 Å². The Kier molecular flexibility index (Phi) is 28.9. The molecule has 0 radical (unpaired) electrons. The van der Waals surface area contributed by atoms with E-state index >= 15 is 0 Å². The first-order chi connectivity index (χ1) is 54.4. The van der Waals surface area contributed by atoms with E-state index in [-0.39, 0.29) is 50.6 Å². The number of aromatic amines is 2. The van der Waals surface area contributed by atoms with E-state index in [4.69, 9.17) is 93.0 Å². The van der Waals surface area contributed by atoms with Gasteiger partial charge in [0.2, 0.25) is 0 Å². The molecule has 40 heteroatoms. The Morgan fingerprint density at radius 3 is 0.950 bits per heavy atom. The molecule has 0 saturated carbocycles. The molecular formula is C80H133N10O26P3S. The van der Waals surface area contributed by atoms with Crippen molar-refractivity contribution in [3.05, 3.63) is 110 Å². The normalized spacial score (nSPS) is 31.0. The summed E-state index contributed by atoms with van der Waals surface area (Å²) in [5.41, 5.74) is 3.79. The fourth-order valence-corrected chi connectivity index (χ4v) is 22.2. The Labute approximate surface area is 707 Å². The molecule has 0 spiro atoms. The fraction of sp³-hybridized carbons (Fsp3) is 0.800. The standard InChI is InChI=1S/C20H34N3O7P.C20H34N3O6PS.C20H33N2O8P.C20H32N2O5/c1-12-10-23(17(24)22-15(12)21)16-13-14(29-31(25,26)30-19(5,6)7)20(28-16,8-9-27-13)11-18(2,3)4;1-12-10-23(17(24)22-15(12)21)16-13-14(28-30(25,31)29-19(5,6)7)20(27-16,8-9-26-13)11-18(2,3)4;1-12-10-22(17(24)21-15(12)23)16-13-14(29-31(25,26)30-19(5,6)7)20(28-16,8-9-27-13)11-18(2,3)4;1-12-10-22(17(24)21-15(12)23)16-13-14(26-19(5,6)7)20(27-16,8-9-25-13)11-18(2,3)4/h10,13-14,16H,8-9,11H2,1-7H3,(H,25,26)(H2,21,22,24);10,13-14,16H,8-9,11H2,1-7H3,(H,25,31)(H2,21,22,24);10,13-14,16H,8-9,11H2,1-7H3,(H,25,26)(H,21,23,24);10,13-14,16H,8-9,11H2,1-7H3,(H,21,23,24)/t13?,14-,16-,20-;13?,14-,16-,20-,30?;2*13?,14-,16-,20-/m1111/s1. The van der Waals surface area contributed by atoms with Crippen LogP contribution in [0.25, 0.3) is 0 Å². The predicted octanol–water partition coefficient (Wildman–Crippen LogP) is 11.1. The van der Waals surface area contributed by atoms with Gasteiger partial charge in [0.15, 0.2) is 24.9 Å². The van der Waals surface area contributed by atoms with Crippen LogP contribution in [0.2, 0.25) is 0 Å². The molecule has 8 aliphatic rings. The van der Waals surface area contributed by atoms with Crippen LogP contribution < -0.4 is 45.3 Å². The highest BCUT2D eigenvalue weighted by Gasteiger charge is 2.67. The number of H-pyrrole nitrogens is 2. The number of nitrogens with one attached hydrogen (secondary N) is 2. The van der Waals surface area contributed by atoms with E-state index in [1.165, 1.54) is 24.5 Å². The highest BCUT2D eigenvalue weighted by molar-refractivity contribution is 8.07. The molecule has 120 heavy (non-hydrogen) atoms. The van der Waals surface area contributed by atoms with E-state index in [0.717, 1.165) is 6.42 Å². The summed E-state index contributed by atoms with van der Waals surface area (Å²) in [5, 5.41) is 0. The molecule has 0 aromatic carbocycles. The zero-order chi connectivity index (χ0) is 90.4. The van der Waals surface area contributed by atoms with E-state index in [9.17, 15) is 52.6 Å². The van der Waals surface area contributed by atoms with Crippen molar-refractivity contribution >= 4 is 45.8 Å². The predicted molar refractivity (Wildman–Crippen MR) is 450 cm³/mol. The van der Waals surface area contributed by atoms with Crippen molar-refractivity contribution < 1.29 is 93.6 Å². The number of rotatable bonds is 18. The third-order valence-corrected chi connectivity index (χ3v) is 24.9. The van der Waals surface area contributed by atoms with Gasteiger partial charge in [0.1, 0.15) is 82.9 Å². The van der Waals surface area contributed by atoms with Gasteiger partial charge in [0, 0.05) is 72.7 Å². The summed E-state index contributed by atoms with van der Waals surface area (Å²) >= 11 is 5.33. The molecule has 680 valence electrons. The first-order valence-electron chi connectivity index (χ1n) is 40.7. The summed E-state index contributed by atoms with van der Waals surface area (Å²) in [6.45, 7) is 51.2. The van der Waals surface area contributed by atoms with Crippen LogP contribution in [0, 0.1) is 49.4 Å². The lowest BCUT2D eigenvalue weighted by atomic mass is 9.76. The zero-order valence-electron chi connectivity index (χ0n) is 75.0. The number of nitrogens with two attached hydrogens (primary N) is 2. The van der Waals surface area contributed by atoms with Crippen LogP contribution in [-0.2, 0) is 90.7 Å². The summed E-state index contributed by atoms with van der Waals surface area (Å²) in [6, 6.07) is 0. The largest absolute Gasteiger partial charge is 0.473 e. The van der Waals surface area contributed by atoms with Crippen molar-refractivity contribution in [2.45, 2.75) is 364 Å². The summed E-state index contributed by atoms with van der Waals surface area (Å²) < 4.78 is 121. The number of nitrogens with zero attached hydrogens (tertiary/aromatic N) is 6. The average Bonchev–Trinajstić information content (AvgIpc) is 1.60. The van der Waals surface area contributed by atoms with Crippen molar-refractivity contribution in [1.82, 2.24) is 38.2 Å². The van der Waals surface area contributed by atoms with Gasteiger partial charge in [-0.15, -0.1) is 0 Å². The summed E-state index contributed by atoms with van der Waals surface area (Å²) in [6.07, 6.45) is 1.76. The maximum absolute atomic E-state index is 12.8. The highest BCUT2D eigenvalue weighted by atomic mass is 32.5. The Morgan fingerprint density at radius 1 is 0.417 bits per heavy atom. The summed E-state index contributed by atoms with van der Waals surface area (Å²) in [7, 11) is -8.93. The molecule has 12 heterocycles. The topological polar surface area (TPSA) is 465 Å². The molecule has 8 fully saturated rings. The van der Waals surface area contributed by atoms with Crippen molar-refractivity contribution in [2.24, 2.45) is 21.7 Å². The van der Waals surface area contributed by atoms with Crippen molar-refractivity contribution in [1.29, 1.82) is 0 Å². The van der Waals surface area contributed by atoms with Gasteiger partial charge < -0.3 is 73.3 Å². The number of hydrogen-bond acceptors (Lipinski definition) is 28. The Morgan fingerprint density at radius 2 is 0.675 bits per heavy atom. The molecular weight excluding hydrogens is 1640 g/mol. The molecule has 7 unspecified atom stereocenters. The van der Waals surface area contributed by atoms with Crippen LogP contribution in [0.15, 0.2) is 53.6 Å². The van der Waals surface area contributed by atoms with Gasteiger partial charge in [-0.25, -0.2) is 28.3 Å². The first kappa shape index (κ1) is 98.9. The number of anilines is 2. The zero-order valence-corrected chi connectivity index (χ0v) is 78.5. The quantitative estimate of drug-likeness (QED) is 0.0455. The summed E-state index contributed by atoms with van der Waals surface area (Å²) in [4.78, 5) is 118. The first-order valence-corrected chi connectivity index (χ1v) is 46.3. The third kappa shape index (κ3) is 24.5. The minimum absolute atomic E-state index is 0.0160. The van der Waals surface area contributed by atoms with Crippen LogP contribution in [0.1, 0.15) is 265 Å². The van der Waals surface area contributed by atoms with E-state index in [1.807, 2.05) is 62.3 Å². The van der Waals surface area contributed by atoms with E-state index < -0.39 is 158 Å². The van der Waals surface area contributed by atoms with Gasteiger partial charge in [0.25, 0.3) is 11.1 Å². The summed E-state index contributed by atoms with van der Waals surface area (Å²) in [5.74, 6) is 0.309. The third-order valence-electron chi connectivity index (χ3n) is 20.6. The Bertz CT molecular complexity index is 4730. The van der Waals surface area contributed by atoms with Gasteiger partial charge in [-0.2, -0.15) is 9.97 Å². The number of phosphoric ester groups is 2. The number of ether oxygens (including phenoxy) is 9. The van der Waals surface area contributed by atoms with Crippen molar-refractivity contribution in [3.63, 3.8) is 0 Å². The Balaban J connectivity index is 0.000000182. The van der Waals surface area contributed by atoms with E-state index in [1.54, 1.807) is 109 Å².